The molecule has 4 fully saturated rings. The molecular formula is C72H57NSi. The minimum atomic E-state index is -2.81. The molecule has 10 aromatic carbocycles. The second-order valence-electron chi connectivity index (χ2n) is 22.9. The third-order valence-corrected chi connectivity index (χ3v) is 24.5. The third-order valence-electron chi connectivity index (χ3n) is 19.6. The summed E-state index contributed by atoms with van der Waals surface area (Å²) >= 11 is 0. The molecule has 1 aliphatic heterocycles. The maximum absolute atomic E-state index is 2.81. The number of fused-ring (bicyclic) bond motifs is 9. The van der Waals surface area contributed by atoms with Gasteiger partial charge in [0.15, 0.2) is 8.07 Å². The van der Waals surface area contributed by atoms with Crippen LogP contribution in [0.5, 0.6) is 0 Å². The van der Waals surface area contributed by atoms with E-state index in [1.807, 2.05) is 0 Å². The van der Waals surface area contributed by atoms with Gasteiger partial charge in [-0.3, -0.25) is 0 Å². The Kier molecular flexibility index (Phi) is 9.15. The van der Waals surface area contributed by atoms with Crippen LogP contribution in [0.25, 0.3) is 44.5 Å². The van der Waals surface area contributed by atoms with Crippen LogP contribution >= 0.6 is 0 Å². The Hall–Kier alpha value is -7.78. The predicted molar refractivity (Wildman–Crippen MR) is 310 cm³/mol. The second kappa shape index (κ2) is 15.9. The Bertz CT molecular complexity index is 3820. The van der Waals surface area contributed by atoms with E-state index in [0.717, 1.165) is 11.8 Å². The highest BCUT2D eigenvalue weighted by Crippen LogP contribution is 2.70. The molecule has 0 amide bonds. The number of hydrogen-bond donors (Lipinski definition) is 0. The van der Waals surface area contributed by atoms with Crippen LogP contribution in [0, 0.1) is 23.7 Å². The molecule has 4 bridgehead atoms. The summed E-state index contributed by atoms with van der Waals surface area (Å²) < 4.78 is 0. The summed E-state index contributed by atoms with van der Waals surface area (Å²) in [4.78, 5) is 2.66. The van der Waals surface area contributed by atoms with Gasteiger partial charge in [-0.15, -0.1) is 0 Å². The van der Waals surface area contributed by atoms with Crippen molar-refractivity contribution in [2.24, 2.45) is 23.7 Å². The van der Waals surface area contributed by atoms with E-state index in [-0.39, 0.29) is 10.8 Å². The van der Waals surface area contributed by atoms with Crippen molar-refractivity contribution in [3.8, 4) is 44.5 Å². The molecule has 0 aromatic heterocycles. The first-order valence-electron chi connectivity index (χ1n) is 27.3. The minimum absolute atomic E-state index is 0.0145. The Morgan fingerprint density at radius 1 is 0.365 bits per heavy atom. The molecule has 74 heavy (non-hydrogen) atoms. The van der Waals surface area contributed by atoms with Crippen LogP contribution < -0.4 is 25.6 Å². The fourth-order valence-electron chi connectivity index (χ4n) is 17.0. The number of rotatable bonds is 7. The summed E-state index contributed by atoms with van der Waals surface area (Å²) in [5, 5.41) is 5.77. The predicted octanol–water partition coefficient (Wildman–Crippen LogP) is 15.2. The molecule has 0 saturated heterocycles. The van der Waals surface area contributed by atoms with Gasteiger partial charge in [-0.25, -0.2) is 0 Å². The van der Waals surface area contributed by atoms with Crippen molar-refractivity contribution in [1.82, 2.24) is 0 Å². The van der Waals surface area contributed by atoms with Crippen molar-refractivity contribution in [3.63, 3.8) is 0 Å². The van der Waals surface area contributed by atoms with Crippen molar-refractivity contribution in [2.75, 3.05) is 4.90 Å². The summed E-state index contributed by atoms with van der Waals surface area (Å²) in [5.74, 6) is 3.00. The van der Waals surface area contributed by atoms with Crippen LogP contribution in [0.4, 0.5) is 17.1 Å². The maximum atomic E-state index is 2.71. The van der Waals surface area contributed by atoms with Crippen molar-refractivity contribution in [3.05, 3.63) is 270 Å². The molecule has 6 aliphatic carbocycles. The van der Waals surface area contributed by atoms with Crippen LogP contribution in [0.2, 0.25) is 0 Å². The topological polar surface area (TPSA) is 3.24 Å². The van der Waals surface area contributed by atoms with Gasteiger partial charge in [0.25, 0.3) is 0 Å². The highest BCUT2D eigenvalue weighted by Gasteiger charge is 2.62. The first-order chi connectivity index (χ1) is 36.5. The lowest BCUT2D eigenvalue weighted by Gasteiger charge is -2.61. The van der Waals surface area contributed by atoms with Gasteiger partial charge in [-0.1, -0.05) is 206 Å². The van der Waals surface area contributed by atoms with Crippen LogP contribution in [0.1, 0.15) is 66.8 Å². The van der Waals surface area contributed by atoms with E-state index in [9.17, 15) is 0 Å². The molecule has 17 rings (SSSR count). The average molecular weight is 964 g/mol. The van der Waals surface area contributed by atoms with Gasteiger partial charge in [-0.05, 0) is 192 Å². The molecule has 1 atom stereocenters. The van der Waals surface area contributed by atoms with E-state index in [1.54, 1.807) is 11.1 Å². The summed E-state index contributed by atoms with van der Waals surface area (Å²) in [6, 6.07) is 94.0. The van der Waals surface area contributed by atoms with Crippen molar-refractivity contribution < 1.29 is 0 Å². The highest BCUT2D eigenvalue weighted by atomic mass is 28.3. The van der Waals surface area contributed by atoms with E-state index in [0.29, 0.717) is 11.8 Å². The smallest absolute Gasteiger partial charge is 0.180 e. The van der Waals surface area contributed by atoms with Crippen molar-refractivity contribution in [1.29, 1.82) is 0 Å². The summed E-state index contributed by atoms with van der Waals surface area (Å²) in [6.45, 7) is 2.46. The van der Waals surface area contributed by atoms with E-state index in [4.69, 9.17) is 0 Å². The third kappa shape index (κ3) is 5.65. The van der Waals surface area contributed by atoms with Crippen LogP contribution in [0.15, 0.2) is 243 Å². The Balaban J connectivity index is 0.962. The molecule has 1 spiro atoms. The van der Waals surface area contributed by atoms with Gasteiger partial charge in [-0.2, -0.15) is 0 Å². The first kappa shape index (κ1) is 42.7. The molecule has 4 saturated carbocycles. The molecule has 10 aromatic rings. The zero-order valence-corrected chi connectivity index (χ0v) is 42.9. The Morgan fingerprint density at radius 3 is 1.55 bits per heavy atom. The molecule has 1 heterocycles. The molecule has 2 heteroatoms. The van der Waals surface area contributed by atoms with Crippen molar-refractivity contribution >= 4 is 45.9 Å². The molecule has 0 radical (unpaired) electrons. The van der Waals surface area contributed by atoms with Gasteiger partial charge in [0.05, 0.1) is 0 Å². The number of benzene rings is 10. The average Bonchev–Trinajstić information content (AvgIpc) is 4.09. The standard InChI is InChI=1S/C72H57NSi/c1-71(50-21-7-3-8-22-50)64-31-14-11-27-59(64)60-37-35-54(45-66(60)71)73(53-23-17-26-57(44-53)74(56-24-9-4-10-25-56)68-33-15-12-28-61(68)62-29-13-16-34-69(62)74)55-36-38-63-67(46-55)72(51-40-47-39-48(42-51)43-52(72)41-47)65-32-18-30-58(70(63)65)49-19-5-2-6-20-49/h2-38,44-48,51-52H,39-43H2,1H3. The highest BCUT2D eigenvalue weighted by molar-refractivity contribution is 7.22. The van der Waals surface area contributed by atoms with Crippen LogP contribution in [-0.4, -0.2) is 8.07 Å². The lowest BCUT2D eigenvalue weighted by Crippen LogP contribution is -2.72. The van der Waals surface area contributed by atoms with E-state index < -0.39 is 8.07 Å². The van der Waals surface area contributed by atoms with E-state index >= 15 is 0 Å². The molecule has 0 N–H and O–H groups in total. The zero-order valence-electron chi connectivity index (χ0n) is 41.9. The van der Waals surface area contributed by atoms with Gasteiger partial charge in [0.1, 0.15) is 0 Å². The maximum Gasteiger partial charge on any atom is 0.180 e. The van der Waals surface area contributed by atoms with Gasteiger partial charge in [0.2, 0.25) is 0 Å². The summed E-state index contributed by atoms with van der Waals surface area (Å²) in [5.41, 5.74) is 21.5. The molecule has 354 valence electrons. The second-order valence-corrected chi connectivity index (χ2v) is 26.6. The van der Waals surface area contributed by atoms with Crippen LogP contribution in [0.3, 0.4) is 0 Å². The van der Waals surface area contributed by atoms with E-state index in [1.165, 1.54) is 131 Å². The number of anilines is 3. The summed E-state index contributed by atoms with van der Waals surface area (Å²) in [7, 11) is -2.81. The van der Waals surface area contributed by atoms with Gasteiger partial charge >= 0.3 is 0 Å². The van der Waals surface area contributed by atoms with Gasteiger partial charge < -0.3 is 4.90 Å². The number of nitrogens with zero attached hydrogens (tertiary/aromatic N) is 1. The SMILES string of the molecule is CC1(c2ccccc2)c2ccccc2-c2ccc(N(c3cccc([Si]4(c5ccccc5)c5ccccc5-c5ccccc54)c3)c3ccc4c(c3)C3(c5cccc(-c6ccccc6)c5-4)C4CC5CC(C4)CC3C5)cc21. The molecular weight excluding hydrogens is 907 g/mol. The van der Waals surface area contributed by atoms with Crippen LogP contribution in [-0.2, 0) is 10.8 Å². The lowest BCUT2D eigenvalue weighted by molar-refractivity contribution is -0.0399. The summed E-state index contributed by atoms with van der Waals surface area (Å²) in [6.07, 6.45) is 6.81. The van der Waals surface area contributed by atoms with E-state index in [2.05, 4.69) is 254 Å². The molecule has 1 nitrogen and oxygen atoms in total. The molecule has 7 aliphatic rings. The Labute approximate surface area is 436 Å². The molecule has 1 unspecified atom stereocenters. The fraction of sp³-hybridized carbons (Fsp3) is 0.167. The van der Waals surface area contributed by atoms with Crippen molar-refractivity contribution in [2.45, 2.75) is 49.9 Å². The Morgan fingerprint density at radius 2 is 0.865 bits per heavy atom. The largest absolute Gasteiger partial charge is 0.310 e. The number of hydrogen-bond acceptors (Lipinski definition) is 1. The minimum Gasteiger partial charge on any atom is -0.310 e. The monoisotopic (exact) mass is 963 g/mol. The lowest BCUT2D eigenvalue weighted by atomic mass is 9.43. The fourth-order valence-corrected chi connectivity index (χ4v) is 22.2. The quantitative estimate of drug-likeness (QED) is 0.144. The first-order valence-corrected chi connectivity index (χ1v) is 29.3. The van der Waals surface area contributed by atoms with Gasteiger partial charge in [0, 0.05) is 27.9 Å². The zero-order chi connectivity index (χ0) is 48.8. The normalized spacial score (nSPS) is 23.4.